The molecule has 1 aromatic carbocycles. The molecule has 0 atom stereocenters. The van der Waals surface area contributed by atoms with Gasteiger partial charge in [0, 0.05) is 17.3 Å². The van der Waals surface area contributed by atoms with Crippen LogP contribution in [-0.2, 0) is 11.3 Å². The number of benzene rings is 1. The smallest absolute Gasteiger partial charge is 0.238 e. The van der Waals surface area contributed by atoms with Crippen molar-refractivity contribution in [3.05, 3.63) is 51.2 Å². The highest BCUT2D eigenvalue weighted by Crippen LogP contribution is 2.20. The van der Waals surface area contributed by atoms with Gasteiger partial charge in [0.15, 0.2) is 0 Å². The van der Waals surface area contributed by atoms with Crippen LogP contribution in [0, 0.1) is 6.92 Å². The van der Waals surface area contributed by atoms with E-state index in [9.17, 15) is 4.79 Å². The van der Waals surface area contributed by atoms with Crippen molar-refractivity contribution in [3.63, 3.8) is 0 Å². The van der Waals surface area contributed by atoms with E-state index in [2.05, 4.69) is 16.8 Å². The molecule has 0 saturated carbocycles. The van der Waals surface area contributed by atoms with Gasteiger partial charge in [-0.3, -0.25) is 9.69 Å². The Bertz CT molecular complexity index is 584. The summed E-state index contributed by atoms with van der Waals surface area (Å²) in [6.07, 6.45) is 0. The molecule has 0 unspecified atom stereocenters. The van der Waals surface area contributed by atoms with Gasteiger partial charge >= 0.3 is 0 Å². The van der Waals surface area contributed by atoms with Crippen molar-refractivity contribution in [2.75, 3.05) is 18.9 Å². The molecule has 106 valence electrons. The fraction of sp³-hybridized carbons (Fsp3) is 0.267. The van der Waals surface area contributed by atoms with Crippen molar-refractivity contribution < 1.29 is 4.79 Å². The van der Waals surface area contributed by atoms with E-state index in [4.69, 9.17) is 11.6 Å². The fourth-order valence-electron chi connectivity index (χ4n) is 1.91. The largest absolute Gasteiger partial charge is 0.325 e. The third-order valence-corrected chi connectivity index (χ3v) is 3.89. The van der Waals surface area contributed by atoms with Crippen molar-refractivity contribution in [1.82, 2.24) is 4.90 Å². The van der Waals surface area contributed by atoms with Gasteiger partial charge < -0.3 is 5.32 Å². The third-order valence-electron chi connectivity index (χ3n) is 2.92. The molecule has 0 saturated heterocycles. The monoisotopic (exact) mass is 308 g/mol. The Balaban J connectivity index is 1.90. The molecule has 3 nitrogen and oxygen atoms in total. The average molecular weight is 309 g/mol. The number of nitrogens with zero attached hydrogens (tertiary/aromatic N) is 1. The van der Waals surface area contributed by atoms with Gasteiger partial charge in [0.2, 0.25) is 5.91 Å². The number of carbonyl (C=O) groups excluding carboxylic acids is 1. The van der Waals surface area contributed by atoms with Crippen LogP contribution >= 0.6 is 22.9 Å². The first-order chi connectivity index (χ1) is 9.54. The summed E-state index contributed by atoms with van der Waals surface area (Å²) in [5, 5.41) is 7.65. The number of anilines is 1. The van der Waals surface area contributed by atoms with Crippen molar-refractivity contribution in [2.45, 2.75) is 13.5 Å². The molecular formula is C15H17ClN2OS. The maximum atomic E-state index is 12.0. The molecule has 1 amide bonds. The topological polar surface area (TPSA) is 32.3 Å². The summed E-state index contributed by atoms with van der Waals surface area (Å²) >= 11 is 7.61. The standard InChI is InChI=1S/C15H17ClN2OS/c1-11-3-4-13(16)7-14(11)17-15(19)9-18(2)8-12-5-6-20-10-12/h3-7,10H,8-9H2,1-2H3,(H,17,19). The number of amides is 1. The van der Waals surface area contributed by atoms with Crippen LogP contribution < -0.4 is 5.32 Å². The summed E-state index contributed by atoms with van der Waals surface area (Å²) in [5.41, 5.74) is 3.00. The van der Waals surface area contributed by atoms with Crippen LogP contribution in [0.2, 0.25) is 5.02 Å². The van der Waals surface area contributed by atoms with Gasteiger partial charge in [0.1, 0.15) is 0 Å². The van der Waals surface area contributed by atoms with E-state index in [1.165, 1.54) is 5.56 Å². The normalized spacial score (nSPS) is 10.8. The van der Waals surface area contributed by atoms with Crippen LogP contribution in [0.25, 0.3) is 0 Å². The van der Waals surface area contributed by atoms with Crippen LogP contribution in [0.4, 0.5) is 5.69 Å². The summed E-state index contributed by atoms with van der Waals surface area (Å²) in [6, 6.07) is 7.55. The number of halogens is 1. The lowest BCUT2D eigenvalue weighted by molar-refractivity contribution is -0.117. The molecule has 2 rings (SSSR count). The average Bonchev–Trinajstić information content (AvgIpc) is 2.86. The molecule has 1 aromatic heterocycles. The maximum absolute atomic E-state index is 12.0. The predicted molar refractivity (Wildman–Crippen MR) is 85.5 cm³/mol. The second kappa shape index (κ2) is 6.88. The highest BCUT2D eigenvalue weighted by Gasteiger charge is 2.09. The molecule has 0 aliphatic heterocycles. The molecular weight excluding hydrogens is 292 g/mol. The molecule has 0 aliphatic carbocycles. The summed E-state index contributed by atoms with van der Waals surface area (Å²) in [4.78, 5) is 14.0. The van der Waals surface area contributed by atoms with Crippen LogP contribution in [0.5, 0.6) is 0 Å². The van der Waals surface area contributed by atoms with Crippen molar-refractivity contribution >= 4 is 34.5 Å². The van der Waals surface area contributed by atoms with Gasteiger partial charge in [0.05, 0.1) is 6.54 Å². The van der Waals surface area contributed by atoms with Crippen molar-refractivity contribution in [1.29, 1.82) is 0 Å². The number of carbonyl (C=O) groups is 1. The van der Waals surface area contributed by atoms with Gasteiger partial charge in [-0.05, 0) is 54.1 Å². The minimum Gasteiger partial charge on any atom is -0.325 e. The Kier molecular flexibility index (Phi) is 5.17. The summed E-state index contributed by atoms with van der Waals surface area (Å²) in [5.74, 6) is -0.0342. The lowest BCUT2D eigenvalue weighted by atomic mass is 10.2. The van der Waals surface area contributed by atoms with E-state index in [-0.39, 0.29) is 5.91 Å². The number of nitrogens with one attached hydrogen (secondary N) is 1. The van der Waals surface area contributed by atoms with Crippen LogP contribution in [0.1, 0.15) is 11.1 Å². The molecule has 0 spiro atoms. The molecule has 0 aliphatic rings. The van der Waals surface area contributed by atoms with Crippen LogP contribution in [0.15, 0.2) is 35.0 Å². The summed E-state index contributed by atoms with van der Waals surface area (Å²) < 4.78 is 0. The van der Waals surface area contributed by atoms with E-state index in [1.54, 1.807) is 17.4 Å². The molecule has 0 bridgehead atoms. The lowest BCUT2D eigenvalue weighted by Crippen LogP contribution is -2.29. The van der Waals surface area contributed by atoms with Crippen molar-refractivity contribution in [3.8, 4) is 0 Å². The molecule has 0 fully saturated rings. The Hall–Kier alpha value is -1.36. The number of aryl methyl sites for hydroxylation is 1. The van der Waals surface area contributed by atoms with Gasteiger partial charge in [-0.25, -0.2) is 0 Å². The van der Waals surface area contributed by atoms with Gasteiger partial charge in [-0.15, -0.1) is 0 Å². The zero-order valence-electron chi connectivity index (χ0n) is 11.5. The third kappa shape index (κ3) is 4.34. The number of likely N-dealkylation sites (N-methyl/N-ethyl adjacent to an activating group) is 1. The fourth-order valence-corrected chi connectivity index (χ4v) is 2.75. The quantitative estimate of drug-likeness (QED) is 0.911. The van der Waals surface area contributed by atoms with Crippen molar-refractivity contribution in [2.24, 2.45) is 0 Å². The second-order valence-corrected chi connectivity index (χ2v) is 6.03. The minimum atomic E-state index is -0.0342. The Labute approximate surface area is 128 Å². The summed E-state index contributed by atoms with van der Waals surface area (Å²) in [7, 11) is 1.93. The van der Waals surface area contributed by atoms with E-state index >= 15 is 0 Å². The van der Waals surface area contributed by atoms with Crippen LogP contribution in [-0.4, -0.2) is 24.4 Å². The number of rotatable bonds is 5. The summed E-state index contributed by atoms with van der Waals surface area (Å²) in [6.45, 7) is 3.06. The number of hydrogen-bond donors (Lipinski definition) is 1. The molecule has 5 heteroatoms. The Morgan fingerprint density at radius 1 is 1.40 bits per heavy atom. The molecule has 2 aromatic rings. The highest BCUT2D eigenvalue weighted by molar-refractivity contribution is 7.07. The number of hydrogen-bond acceptors (Lipinski definition) is 3. The highest BCUT2D eigenvalue weighted by atomic mass is 35.5. The van der Waals surface area contributed by atoms with E-state index in [0.717, 1.165) is 17.8 Å². The maximum Gasteiger partial charge on any atom is 0.238 e. The van der Waals surface area contributed by atoms with Gasteiger partial charge in [0.25, 0.3) is 0 Å². The van der Waals surface area contributed by atoms with E-state index < -0.39 is 0 Å². The lowest BCUT2D eigenvalue weighted by Gasteiger charge is -2.16. The molecule has 0 radical (unpaired) electrons. The van der Waals surface area contributed by atoms with Gasteiger partial charge in [-0.2, -0.15) is 11.3 Å². The zero-order chi connectivity index (χ0) is 14.5. The van der Waals surface area contributed by atoms with E-state index in [0.29, 0.717) is 11.6 Å². The molecule has 20 heavy (non-hydrogen) atoms. The van der Waals surface area contributed by atoms with Gasteiger partial charge in [-0.1, -0.05) is 17.7 Å². The Morgan fingerprint density at radius 3 is 2.90 bits per heavy atom. The predicted octanol–water partition coefficient (Wildman–Crippen LogP) is 3.78. The second-order valence-electron chi connectivity index (χ2n) is 4.81. The first-order valence-electron chi connectivity index (χ1n) is 6.30. The molecule has 1 N–H and O–H groups in total. The zero-order valence-corrected chi connectivity index (χ0v) is 13.1. The van der Waals surface area contributed by atoms with E-state index in [1.807, 2.05) is 36.4 Å². The SMILES string of the molecule is Cc1ccc(Cl)cc1NC(=O)CN(C)Cc1ccsc1. The first kappa shape index (κ1) is 15.0. The Morgan fingerprint density at radius 2 is 2.20 bits per heavy atom. The molecule has 1 heterocycles. The van der Waals surface area contributed by atoms with Crippen LogP contribution in [0.3, 0.4) is 0 Å². The number of thiophene rings is 1. The first-order valence-corrected chi connectivity index (χ1v) is 7.62. The minimum absolute atomic E-state index is 0.0342.